The monoisotopic (exact) mass is 262 g/mol. The van der Waals surface area contributed by atoms with E-state index in [-0.39, 0.29) is 5.91 Å². The van der Waals surface area contributed by atoms with E-state index in [4.69, 9.17) is 0 Å². The predicted octanol–water partition coefficient (Wildman–Crippen LogP) is 1.02. The van der Waals surface area contributed by atoms with Gasteiger partial charge in [-0.2, -0.15) is 0 Å². The molecule has 1 N–H and O–H groups in total. The highest BCUT2D eigenvalue weighted by Crippen LogP contribution is 2.29. The molecule has 1 aliphatic heterocycles. The lowest BCUT2D eigenvalue weighted by atomic mass is 9.99. The van der Waals surface area contributed by atoms with Crippen molar-refractivity contribution >= 4 is 5.91 Å². The van der Waals surface area contributed by atoms with Crippen molar-refractivity contribution in [2.45, 2.75) is 31.7 Å². The molecule has 2 fully saturated rings. The number of rotatable bonds is 4. The van der Waals surface area contributed by atoms with Gasteiger partial charge < -0.3 is 14.8 Å². The summed E-state index contributed by atoms with van der Waals surface area (Å²) in [6, 6.07) is 0.455. The number of piperidine rings is 1. The van der Waals surface area contributed by atoms with Gasteiger partial charge in [0, 0.05) is 25.8 Å². The molecule has 0 aromatic carbocycles. The Hall–Kier alpha value is -1.36. The van der Waals surface area contributed by atoms with Gasteiger partial charge in [0.1, 0.15) is 5.69 Å². The highest BCUT2D eigenvalue weighted by molar-refractivity contribution is 5.92. The molecule has 1 unspecified atom stereocenters. The van der Waals surface area contributed by atoms with Crippen molar-refractivity contribution < 1.29 is 4.79 Å². The lowest BCUT2D eigenvalue weighted by molar-refractivity contribution is 0.0698. The zero-order valence-electron chi connectivity index (χ0n) is 11.5. The lowest BCUT2D eigenvalue weighted by Crippen LogP contribution is -2.42. The summed E-state index contributed by atoms with van der Waals surface area (Å²) in [6.45, 7) is 3.04. The zero-order chi connectivity index (χ0) is 13.2. The molecule has 1 aromatic heterocycles. The third-order valence-corrected chi connectivity index (χ3v) is 4.03. The fraction of sp³-hybridized carbons (Fsp3) is 0.714. The van der Waals surface area contributed by atoms with Crippen molar-refractivity contribution in [1.29, 1.82) is 0 Å². The number of carbonyl (C=O) groups is 1. The summed E-state index contributed by atoms with van der Waals surface area (Å²) in [4.78, 5) is 18.8. The van der Waals surface area contributed by atoms with Crippen LogP contribution in [0.25, 0.3) is 0 Å². The van der Waals surface area contributed by atoms with Gasteiger partial charge >= 0.3 is 0 Å². The number of nitrogens with zero attached hydrogens (tertiary/aromatic N) is 3. The summed E-state index contributed by atoms with van der Waals surface area (Å²) in [5.74, 6) is 0.704. The molecule has 1 atom stereocenters. The summed E-state index contributed by atoms with van der Waals surface area (Å²) in [7, 11) is 1.90. The molecule has 1 aliphatic carbocycles. The number of amides is 1. The molecule has 3 rings (SSSR count). The Kier molecular flexibility index (Phi) is 3.55. The van der Waals surface area contributed by atoms with Crippen molar-refractivity contribution in [2.75, 3.05) is 19.6 Å². The second-order valence-corrected chi connectivity index (χ2v) is 5.83. The minimum absolute atomic E-state index is 0.105. The van der Waals surface area contributed by atoms with Gasteiger partial charge in [-0.05, 0) is 44.7 Å². The van der Waals surface area contributed by atoms with Gasteiger partial charge in [-0.3, -0.25) is 4.79 Å². The summed E-state index contributed by atoms with van der Waals surface area (Å²) < 4.78 is 1.83. The Morgan fingerprint density at radius 1 is 1.53 bits per heavy atom. The van der Waals surface area contributed by atoms with Gasteiger partial charge in [0.15, 0.2) is 0 Å². The second kappa shape index (κ2) is 5.33. The van der Waals surface area contributed by atoms with Crippen LogP contribution in [0.4, 0.5) is 0 Å². The fourth-order valence-electron chi connectivity index (χ4n) is 2.81. The van der Waals surface area contributed by atoms with E-state index in [9.17, 15) is 4.79 Å². The van der Waals surface area contributed by atoms with Crippen molar-refractivity contribution in [3.8, 4) is 0 Å². The first kappa shape index (κ1) is 12.7. The van der Waals surface area contributed by atoms with Gasteiger partial charge in [0.25, 0.3) is 5.91 Å². The van der Waals surface area contributed by atoms with E-state index < -0.39 is 0 Å². The minimum Gasteiger partial charge on any atom is -0.340 e. The maximum Gasteiger partial charge on any atom is 0.274 e. The fourth-order valence-corrected chi connectivity index (χ4v) is 2.81. The SMILES string of the molecule is Cn1cnc(C(=O)N(CC2CCCNC2)C2CC2)c1. The normalized spacial score (nSPS) is 23.3. The molecule has 1 aromatic rings. The largest absolute Gasteiger partial charge is 0.340 e. The number of carbonyl (C=O) groups excluding carboxylic acids is 1. The van der Waals surface area contributed by atoms with Crippen LogP contribution in [0.5, 0.6) is 0 Å². The molecule has 0 spiro atoms. The molecular formula is C14H22N4O. The Morgan fingerprint density at radius 2 is 2.37 bits per heavy atom. The molecular weight excluding hydrogens is 240 g/mol. The number of hydrogen-bond acceptors (Lipinski definition) is 3. The molecule has 1 amide bonds. The van der Waals surface area contributed by atoms with E-state index >= 15 is 0 Å². The Bertz CT molecular complexity index is 446. The lowest BCUT2D eigenvalue weighted by Gasteiger charge is -2.30. The third-order valence-electron chi connectivity index (χ3n) is 4.03. The summed E-state index contributed by atoms with van der Waals surface area (Å²) in [5.41, 5.74) is 0.582. The maximum atomic E-state index is 12.5. The molecule has 5 heteroatoms. The van der Waals surface area contributed by atoms with Crippen molar-refractivity contribution in [1.82, 2.24) is 19.8 Å². The van der Waals surface area contributed by atoms with Crippen LogP contribution < -0.4 is 5.32 Å². The zero-order valence-corrected chi connectivity index (χ0v) is 11.5. The number of aryl methyl sites for hydroxylation is 1. The highest BCUT2D eigenvalue weighted by Gasteiger charge is 2.35. The second-order valence-electron chi connectivity index (χ2n) is 5.83. The molecule has 0 bridgehead atoms. The van der Waals surface area contributed by atoms with E-state index in [0.717, 1.165) is 32.5 Å². The topological polar surface area (TPSA) is 50.2 Å². The van der Waals surface area contributed by atoms with E-state index in [2.05, 4.69) is 15.2 Å². The number of imidazole rings is 1. The Labute approximate surface area is 114 Å². The average molecular weight is 262 g/mol. The van der Waals surface area contributed by atoms with Gasteiger partial charge in [-0.15, -0.1) is 0 Å². The van der Waals surface area contributed by atoms with Crippen LogP contribution in [0.15, 0.2) is 12.5 Å². The Morgan fingerprint density at radius 3 is 2.95 bits per heavy atom. The molecule has 5 nitrogen and oxygen atoms in total. The molecule has 19 heavy (non-hydrogen) atoms. The maximum absolute atomic E-state index is 12.5. The van der Waals surface area contributed by atoms with Gasteiger partial charge in [-0.1, -0.05) is 0 Å². The quantitative estimate of drug-likeness (QED) is 0.881. The Balaban J connectivity index is 1.68. The molecule has 2 aliphatic rings. The van der Waals surface area contributed by atoms with E-state index in [1.165, 1.54) is 12.8 Å². The molecule has 1 saturated carbocycles. The third kappa shape index (κ3) is 2.97. The standard InChI is InChI=1S/C14H22N4O/c1-17-9-13(16-10-17)14(19)18(12-4-5-12)8-11-3-2-6-15-7-11/h9-12,15H,2-8H2,1H3. The first-order chi connectivity index (χ1) is 9.24. The van der Waals surface area contributed by atoms with Gasteiger partial charge in [0.2, 0.25) is 0 Å². The van der Waals surface area contributed by atoms with Crippen LogP contribution in [0.2, 0.25) is 0 Å². The van der Waals surface area contributed by atoms with Crippen LogP contribution in [0.3, 0.4) is 0 Å². The average Bonchev–Trinajstić information content (AvgIpc) is 3.18. The van der Waals surface area contributed by atoms with E-state index in [1.807, 2.05) is 17.8 Å². The molecule has 1 saturated heterocycles. The first-order valence-electron chi connectivity index (χ1n) is 7.23. The van der Waals surface area contributed by atoms with E-state index in [1.54, 1.807) is 6.33 Å². The van der Waals surface area contributed by atoms with Crippen molar-refractivity contribution in [2.24, 2.45) is 13.0 Å². The van der Waals surface area contributed by atoms with Crippen LogP contribution in [-0.2, 0) is 7.05 Å². The summed E-state index contributed by atoms with van der Waals surface area (Å²) >= 11 is 0. The number of hydrogen-bond donors (Lipinski definition) is 1. The van der Waals surface area contributed by atoms with Gasteiger partial charge in [-0.25, -0.2) is 4.98 Å². The minimum atomic E-state index is 0.105. The van der Waals surface area contributed by atoms with Crippen LogP contribution in [0, 0.1) is 5.92 Å². The van der Waals surface area contributed by atoms with Crippen molar-refractivity contribution in [3.05, 3.63) is 18.2 Å². The number of aromatic nitrogens is 2. The number of nitrogens with one attached hydrogen (secondary N) is 1. The smallest absolute Gasteiger partial charge is 0.274 e. The molecule has 104 valence electrons. The summed E-state index contributed by atoms with van der Waals surface area (Å²) in [5, 5.41) is 3.42. The van der Waals surface area contributed by atoms with Crippen LogP contribution >= 0.6 is 0 Å². The highest BCUT2D eigenvalue weighted by atomic mass is 16.2. The summed E-state index contributed by atoms with van der Waals surface area (Å²) in [6.07, 6.45) is 8.27. The first-order valence-corrected chi connectivity index (χ1v) is 7.23. The molecule has 0 radical (unpaired) electrons. The van der Waals surface area contributed by atoms with Gasteiger partial charge in [0.05, 0.1) is 6.33 Å². The molecule has 2 heterocycles. The predicted molar refractivity (Wildman–Crippen MR) is 72.9 cm³/mol. The van der Waals surface area contributed by atoms with Crippen LogP contribution in [0.1, 0.15) is 36.2 Å². The van der Waals surface area contributed by atoms with E-state index in [0.29, 0.717) is 17.7 Å². The van der Waals surface area contributed by atoms with Crippen molar-refractivity contribution in [3.63, 3.8) is 0 Å². The van der Waals surface area contributed by atoms with Crippen LogP contribution in [-0.4, -0.2) is 46.0 Å².